The molecule has 0 radical (unpaired) electrons. The molecule has 1 atom stereocenters. The van der Waals surface area contributed by atoms with Gasteiger partial charge in [0.2, 0.25) is 5.91 Å². The normalized spacial score (nSPS) is 18.6. The van der Waals surface area contributed by atoms with Gasteiger partial charge in [0.25, 0.3) is 5.91 Å². The smallest absolute Gasteiger partial charge is 0.255 e. The first-order valence-corrected chi connectivity index (χ1v) is 9.81. The highest BCUT2D eigenvalue weighted by Gasteiger charge is 2.42. The number of para-hydroxylation sites is 1. The number of amidine groups is 1. The van der Waals surface area contributed by atoms with Crippen LogP contribution < -0.4 is 10.1 Å². The van der Waals surface area contributed by atoms with Crippen molar-refractivity contribution in [2.75, 3.05) is 18.2 Å². The van der Waals surface area contributed by atoms with Gasteiger partial charge in [0.1, 0.15) is 5.75 Å². The van der Waals surface area contributed by atoms with Crippen LogP contribution in [0.3, 0.4) is 0 Å². The van der Waals surface area contributed by atoms with E-state index in [9.17, 15) is 9.59 Å². The Morgan fingerprint density at radius 2 is 1.89 bits per heavy atom. The molecule has 0 saturated carbocycles. The van der Waals surface area contributed by atoms with Crippen molar-refractivity contribution in [1.29, 1.82) is 0 Å². The number of hydrogen-bond acceptors (Lipinski definition) is 5. The van der Waals surface area contributed by atoms with E-state index in [4.69, 9.17) is 4.74 Å². The number of fused-ring (bicyclic) bond motifs is 1. The standard InChI is InChI=1S/C21H19N3O3S/c1-13-18(20(26)23-15-6-4-3-5-7-15)19(14-8-10-16(27-2)11-9-14)24-17(25)12-28-21(24)22-13/h3-11,19H,12H2,1-2H3,(H,23,26)/t19-/m1/s1. The summed E-state index contributed by atoms with van der Waals surface area (Å²) >= 11 is 1.40. The van der Waals surface area contributed by atoms with Crippen LogP contribution in [0, 0.1) is 0 Å². The number of carbonyl (C=O) groups excluding carboxylic acids is 2. The van der Waals surface area contributed by atoms with Gasteiger partial charge in [-0.05, 0) is 36.8 Å². The van der Waals surface area contributed by atoms with Gasteiger partial charge in [-0.1, -0.05) is 42.1 Å². The van der Waals surface area contributed by atoms with Gasteiger partial charge in [0, 0.05) is 5.69 Å². The summed E-state index contributed by atoms with van der Waals surface area (Å²) in [5, 5.41) is 3.56. The second-order valence-electron chi connectivity index (χ2n) is 6.44. The van der Waals surface area contributed by atoms with Crippen molar-refractivity contribution in [2.24, 2.45) is 4.99 Å². The van der Waals surface area contributed by atoms with E-state index in [0.717, 1.165) is 5.56 Å². The monoisotopic (exact) mass is 393 g/mol. The Hall–Kier alpha value is -3.06. The predicted molar refractivity (Wildman–Crippen MR) is 110 cm³/mol. The van der Waals surface area contributed by atoms with E-state index < -0.39 is 6.04 Å². The van der Waals surface area contributed by atoms with Gasteiger partial charge in [-0.25, -0.2) is 4.99 Å². The van der Waals surface area contributed by atoms with Gasteiger partial charge in [-0.2, -0.15) is 0 Å². The van der Waals surface area contributed by atoms with Gasteiger partial charge in [-0.15, -0.1) is 0 Å². The number of ether oxygens (including phenoxy) is 1. The lowest BCUT2D eigenvalue weighted by Gasteiger charge is -2.33. The van der Waals surface area contributed by atoms with Crippen LogP contribution in [0.15, 0.2) is 70.9 Å². The summed E-state index contributed by atoms with van der Waals surface area (Å²) < 4.78 is 5.24. The summed E-state index contributed by atoms with van der Waals surface area (Å²) in [5.74, 6) is 0.720. The number of rotatable bonds is 4. The summed E-state index contributed by atoms with van der Waals surface area (Å²) in [5.41, 5.74) is 2.61. The minimum Gasteiger partial charge on any atom is -0.497 e. The lowest BCUT2D eigenvalue weighted by Crippen LogP contribution is -2.40. The number of hydrogen-bond donors (Lipinski definition) is 1. The largest absolute Gasteiger partial charge is 0.497 e. The number of anilines is 1. The van der Waals surface area contributed by atoms with Crippen LogP contribution in [0.2, 0.25) is 0 Å². The number of benzene rings is 2. The number of carbonyl (C=O) groups is 2. The van der Waals surface area contributed by atoms with Gasteiger partial charge >= 0.3 is 0 Å². The van der Waals surface area contributed by atoms with E-state index in [1.54, 1.807) is 12.0 Å². The number of thioether (sulfide) groups is 1. The summed E-state index contributed by atoms with van der Waals surface area (Å²) in [4.78, 5) is 31.9. The molecule has 142 valence electrons. The molecule has 7 heteroatoms. The third-order valence-electron chi connectivity index (χ3n) is 4.69. The zero-order valence-electron chi connectivity index (χ0n) is 15.5. The molecule has 28 heavy (non-hydrogen) atoms. The summed E-state index contributed by atoms with van der Waals surface area (Å²) in [6.45, 7) is 1.81. The Labute approximate surface area is 167 Å². The minimum atomic E-state index is -0.524. The molecule has 1 N–H and O–H groups in total. The van der Waals surface area contributed by atoms with Crippen molar-refractivity contribution in [3.63, 3.8) is 0 Å². The zero-order chi connectivity index (χ0) is 19.7. The van der Waals surface area contributed by atoms with Crippen molar-refractivity contribution >= 4 is 34.4 Å². The molecule has 0 aliphatic carbocycles. The Kier molecular flexibility index (Phi) is 4.92. The number of nitrogens with one attached hydrogen (secondary N) is 1. The van der Waals surface area contributed by atoms with E-state index in [0.29, 0.717) is 33.6 Å². The van der Waals surface area contributed by atoms with E-state index >= 15 is 0 Å². The van der Waals surface area contributed by atoms with Crippen LogP contribution >= 0.6 is 11.8 Å². The molecular weight excluding hydrogens is 374 g/mol. The van der Waals surface area contributed by atoms with Crippen LogP contribution in [0.5, 0.6) is 5.75 Å². The SMILES string of the molecule is COc1ccc([C@@H]2C(C(=O)Nc3ccccc3)=C(C)N=C3SCC(=O)N32)cc1. The number of methoxy groups -OCH3 is 1. The average Bonchev–Trinajstić information content (AvgIpc) is 3.08. The first kappa shape index (κ1) is 18.3. The van der Waals surface area contributed by atoms with Crippen LogP contribution in [0.4, 0.5) is 5.69 Å². The van der Waals surface area contributed by atoms with E-state index in [2.05, 4.69) is 10.3 Å². The molecule has 1 fully saturated rings. The highest BCUT2D eigenvalue weighted by molar-refractivity contribution is 8.15. The van der Waals surface area contributed by atoms with E-state index in [-0.39, 0.29) is 11.8 Å². The van der Waals surface area contributed by atoms with Crippen molar-refractivity contribution in [1.82, 2.24) is 4.90 Å². The van der Waals surface area contributed by atoms with Crippen LogP contribution in [-0.2, 0) is 9.59 Å². The fourth-order valence-electron chi connectivity index (χ4n) is 3.35. The second-order valence-corrected chi connectivity index (χ2v) is 7.38. The maximum absolute atomic E-state index is 13.2. The number of amides is 2. The molecule has 1 saturated heterocycles. The van der Waals surface area contributed by atoms with Crippen LogP contribution in [0.25, 0.3) is 0 Å². The number of nitrogens with zero attached hydrogens (tertiary/aromatic N) is 2. The molecular formula is C21H19N3O3S. The highest BCUT2D eigenvalue weighted by atomic mass is 32.2. The summed E-state index contributed by atoms with van der Waals surface area (Å²) in [6.07, 6.45) is 0. The van der Waals surface area contributed by atoms with E-state index in [1.165, 1.54) is 11.8 Å². The molecule has 4 rings (SSSR count). The molecule has 0 spiro atoms. The first-order valence-electron chi connectivity index (χ1n) is 8.83. The summed E-state index contributed by atoms with van der Waals surface area (Å²) in [7, 11) is 1.60. The Balaban J connectivity index is 1.76. The molecule has 2 aliphatic heterocycles. The van der Waals surface area contributed by atoms with Gasteiger partial charge in [-0.3, -0.25) is 14.5 Å². The maximum Gasteiger partial charge on any atom is 0.255 e. The van der Waals surface area contributed by atoms with Crippen molar-refractivity contribution in [3.8, 4) is 5.75 Å². The molecule has 2 heterocycles. The molecule has 2 aromatic carbocycles. The topological polar surface area (TPSA) is 71.0 Å². The fourth-order valence-corrected chi connectivity index (χ4v) is 4.29. The second kappa shape index (κ2) is 7.52. The number of allylic oxidation sites excluding steroid dienone is 1. The molecule has 0 bridgehead atoms. The van der Waals surface area contributed by atoms with Crippen LogP contribution in [0.1, 0.15) is 18.5 Å². The Morgan fingerprint density at radius 1 is 1.18 bits per heavy atom. The molecule has 2 aliphatic rings. The van der Waals surface area contributed by atoms with Crippen LogP contribution in [-0.4, -0.2) is 34.7 Å². The Morgan fingerprint density at radius 3 is 2.57 bits per heavy atom. The van der Waals surface area contributed by atoms with Gasteiger partial charge in [0.05, 0.1) is 30.2 Å². The molecule has 0 unspecified atom stereocenters. The third kappa shape index (κ3) is 3.29. The van der Waals surface area contributed by atoms with Crippen molar-refractivity contribution in [2.45, 2.75) is 13.0 Å². The summed E-state index contributed by atoms with van der Waals surface area (Å²) in [6, 6.07) is 16.1. The van der Waals surface area contributed by atoms with Crippen molar-refractivity contribution in [3.05, 3.63) is 71.4 Å². The zero-order valence-corrected chi connectivity index (χ0v) is 16.3. The third-order valence-corrected chi connectivity index (χ3v) is 5.63. The van der Waals surface area contributed by atoms with Crippen molar-refractivity contribution < 1.29 is 14.3 Å². The minimum absolute atomic E-state index is 0.0536. The lowest BCUT2D eigenvalue weighted by molar-refractivity contribution is -0.125. The molecule has 2 aromatic rings. The maximum atomic E-state index is 13.2. The lowest BCUT2D eigenvalue weighted by atomic mass is 9.93. The molecule has 6 nitrogen and oxygen atoms in total. The molecule has 2 amide bonds. The first-order chi connectivity index (χ1) is 13.6. The molecule has 0 aromatic heterocycles. The number of aliphatic imine (C=N–C) groups is 1. The predicted octanol–water partition coefficient (Wildman–Crippen LogP) is 3.59. The highest BCUT2D eigenvalue weighted by Crippen LogP contribution is 2.41. The van der Waals surface area contributed by atoms with Gasteiger partial charge in [0.15, 0.2) is 5.17 Å². The van der Waals surface area contributed by atoms with Gasteiger partial charge < -0.3 is 10.1 Å². The quantitative estimate of drug-likeness (QED) is 0.862. The van der Waals surface area contributed by atoms with E-state index in [1.807, 2.05) is 61.5 Å². The Bertz CT molecular complexity index is 984. The average molecular weight is 393 g/mol. The fraction of sp³-hybridized carbons (Fsp3) is 0.190.